The first-order valence-corrected chi connectivity index (χ1v) is 8.58. The Kier molecular flexibility index (Phi) is 7.52. The molecule has 0 N–H and O–H groups in total. The quantitative estimate of drug-likeness (QED) is 0.646. The Balaban J connectivity index is 1.96. The fraction of sp³-hybridized carbons (Fsp3) is 0.350. The minimum atomic E-state index is -2.94. The van der Waals surface area contributed by atoms with Crippen LogP contribution in [-0.4, -0.2) is 31.1 Å². The molecule has 7 heteroatoms. The second-order valence-corrected chi connectivity index (χ2v) is 5.97. The van der Waals surface area contributed by atoms with Gasteiger partial charge in [-0.05, 0) is 48.7 Å². The van der Waals surface area contributed by atoms with Gasteiger partial charge >= 0.3 is 6.61 Å². The van der Waals surface area contributed by atoms with Crippen LogP contribution in [0.5, 0.6) is 11.5 Å². The zero-order valence-corrected chi connectivity index (χ0v) is 15.3. The largest absolute Gasteiger partial charge is 0.490 e. The van der Waals surface area contributed by atoms with Gasteiger partial charge in [0.25, 0.3) is 0 Å². The molecular weight excluding hydrogens is 359 g/mol. The van der Waals surface area contributed by atoms with Crippen molar-refractivity contribution in [3.8, 4) is 11.5 Å². The number of carbonyl (C=O) groups is 1. The normalized spacial score (nSPS) is 10.7. The lowest BCUT2D eigenvalue weighted by molar-refractivity contribution is -0.130. The van der Waals surface area contributed by atoms with Crippen LogP contribution in [0.2, 0.25) is 0 Å². The number of benzene rings is 2. The predicted octanol–water partition coefficient (Wildman–Crippen LogP) is 4.42. The van der Waals surface area contributed by atoms with Crippen LogP contribution in [0.3, 0.4) is 0 Å². The molecule has 0 aliphatic carbocycles. The molecule has 0 fully saturated rings. The third-order valence-electron chi connectivity index (χ3n) is 3.91. The van der Waals surface area contributed by atoms with Crippen LogP contribution >= 0.6 is 0 Å². The van der Waals surface area contributed by atoms with E-state index in [9.17, 15) is 18.0 Å². The Hall–Kier alpha value is -2.70. The number of alkyl halides is 2. The van der Waals surface area contributed by atoms with Gasteiger partial charge in [0.1, 0.15) is 5.82 Å². The lowest BCUT2D eigenvalue weighted by atomic mass is 10.1. The molecular formula is C20H22F3NO3. The standard InChI is InChI=1S/C20H22F3NO3/c1-3-26-18-12-15(6-10-17(18)27-20(22)23)13-24(2)19(25)11-7-14-4-8-16(21)9-5-14/h4-6,8-10,12,20H,3,7,11,13H2,1-2H3. The first kappa shape index (κ1) is 20.6. The van der Waals surface area contributed by atoms with E-state index in [1.807, 2.05) is 0 Å². The van der Waals surface area contributed by atoms with Crippen molar-refractivity contribution in [3.05, 3.63) is 59.4 Å². The molecule has 0 saturated carbocycles. The van der Waals surface area contributed by atoms with Gasteiger partial charge < -0.3 is 14.4 Å². The predicted molar refractivity (Wildman–Crippen MR) is 95.4 cm³/mol. The topological polar surface area (TPSA) is 38.8 Å². The zero-order chi connectivity index (χ0) is 19.8. The lowest BCUT2D eigenvalue weighted by Gasteiger charge is -2.19. The molecule has 2 rings (SSSR count). The highest BCUT2D eigenvalue weighted by atomic mass is 19.3. The van der Waals surface area contributed by atoms with Crippen LogP contribution in [0.1, 0.15) is 24.5 Å². The number of aryl methyl sites for hydroxylation is 1. The Morgan fingerprint density at radius 1 is 1.07 bits per heavy atom. The van der Waals surface area contributed by atoms with Crippen molar-refractivity contribution in [1.29, 1.82) is 0 Å². The molecule has 4 nitrogen and oxygen atoms in total. The monoisotopic (exact) mass is 381 g/mol. The van der Waals surface area contributed by atoms with Crippen LogP contribution in [0.25, 0.3) is 0 Å². The number of nitrogens with zero attached hydrogens (tertiary/aromatic N) is 1. The SMILES string of the molecule is CCOc1cc(CN(C)C(=O)CCc2ccc(F)cc2)ccc1OC(F)F. The van der Waals surface area contributed by atoms with Crippen LogP contribution in [0.4, 0.5) is 13.2 Å². The van der Waals surface area contributed by atoms with Crippen molar-refractivity contribution in [2.24, 2.45) is 0 Å². The Morgan fingerprint density at radius 3 is 2.37 bits per heavy atom. The molecule has 0 bridgehead atoms. The summed E-state index contributed by atoms with van der Waals surface area (Å²) >= 11 is 0. The number of halogens is 3. The van der Waals surface area contributed by atoms with E-state index in [0.717, 1.165) is 11.1 Å². The molecule has 146 valence electrons. The second kappa shape index (κ2) is 9.85. The average Bonchev–Trinajstić information content (AvgIpc) is 2.63. The summed E-state index contributed by atoms with van der Waals surface area (Å²) in [5, 5.41) is 0. The molecule has 0 aromatic heterocycles. The van der Waals surface area contributed by atoms with E-state index in [0.29, 0.717) is 19.6 Å². The average molecular weight is 381 g/mol. The Morgan fingerprint density at radius 2 is 1.74 bits per heavy atom. The van der Waals surface area contributed by atoms with E-state index in [1.165, 1.54) is 18.2 Å². The van der Waals surface area contributed by atoms with Gasteiger partial charge in [0, 0.05) is 20.0 Å². The number of hydrogen-bond donors (Lipinski definition) is 0. The summed E-state index contributed by atoms with van der Waals surface area (Å²) in [7, 11) is 1.66. The van der Waals surface area contributed by atoms with Crippen molar-refractivity contribution in [2.45, 2.75) is 32.9 Å². The number of ether oxygens (including phenoxy) is 2. The van der Waals surface area contributed by atoms with E-state index in [-0.39, 0.29) is 29.6 Å². The fourth-order valence-electron chi connectivity index (χ4n) is 2.57. The van der Waals surface area contributed by atoms with Gasteiger partial charge in [0.2, 0.25) is 5.91 Å². The molecule has 0 unspecified atom stereocenters. The van der Waals surface area contributed by atoms with Gasteiger partial charge in [-0.1, -0.05) is 18.2 Å². The molecule has 0 aliphatic rings. The summed E-state index contributed by atoms with van der Waals surface area (Å²) in [6.07, 6.45) is 0.793. The smallest absolute Gasteiger partial charge is 0.387 e. The van der Waals surface area contributed by atoms with Gasteiger partial charge in [-0.25, -0.2) is 4.39 Å². The van der Waals surface area contributed by atoms with Gasteiger partial charge in [-0.3, -0.25) is 4.79 Å². The molecule has 27 heavy (non-hydrogen) atoms. The number of amides is 1. The summed E-state index contributed by atoms with van der Waals surface area (Å²) in [5.41, 5.74) is 1.61. The minimum Gasteiger partial charge on any atom is -0.490 e. The highest BCUT2D eigenvalue weighted by Gasteiger charge is 2.14. The van der Waals surface area contributed by atoms with E-state index < -0.39 is 6.61 Å². The van der Waals surface area contributed by atoms with Crippen molar-refractivity contribution in [1.82, 2.24) is 4.90 Å². The van der Waals surface area contributed by atoms with Crippen LogP contribution in [0.15, 0.2) is 42.5 Å². The number of rotatable bonds is 9. The fourth-order valence-corrected chi connectivity index (χ4v) is 2.57. The second-order valence-electron chi connectivity index (χ2n) is 5.97. The molecule has 2 aromatic rings. The molecule has 0 saturated heterocycles. The van der Waals surface area contributed by atoms with Crippen molar-refractivity contribution >= 4 is 5.91 Å². The highest BCUT2D eigenvalue weighted by molar-refractivity contribution is 5.76. The summed E-state index contributed by atoms with van der Waals surface area (Å²) in [6.45, 7) is -0.595. The van der Waals surface area contributed by atoms with Crippen LogP contribution < -0.4 is 9.47 Å². The van der Waals surface area contributed by atoms with E-state index in [1.54, 1.807) is 43.1 Å². The molecule has 0 aliphatic heterocycles. The van der Waals surface area contributed by atoms with E-state index >= 15 is 0 Å². The summed E-state index contributed by atoms with van der Waals surface area (Å²) in [4.78, 5) is 13.9. The minimum absolute atomic E-state index is 0.0408. The van der Waals surface area contributed by atoms with E-state index in [4.69, 9.17) is 4.74 Å². The van der Waals surface area contributed by atoms with Crippen molar-refractivity contribution in [2.75, 3.05) is 13.7 Å². The third kappa shape index (κ3) is 6.51. The molecule has 0 atom stereocenters. The molecule has 1 amide bonds. The van der Waals surface area contributed by atoms with Gasteiger partial charge in [0.05, 0.1) is 6.61 Å². The Bertz CT molecular complexity index is 751. The first-order valence-electron chi connectivity index (χ1n) is 8.58. The third-order valence-corrected chi connectivity index (χ3v) is 3.91. The lowest BCUT2D eigenvalue weighted by Crippen LogP contribution is -2.26. The summed E-state index contributed by atoms with van der Waals surface area (Å²) < 4.78 is 47.6. The van der Waals surface area contributed by atoms with Crippen LogP contribution in [0, 0.1) is 5.82 Å². The zero-order valence-electron chi connectivity index (χ0n) is 15.3. The summed E-state index contributed by atoms with van der Waals surface area (Å²) in [5.74, 6) is -0.222. The van der Waals surface area contributed by atoms with Gasteiger partial charge in [-0.2, -0.15) is 8.78 Å². The van der Waals surface area contributed by atoms with Crippen molar-refractivity contribution < 1.29 is 27.4 Å². The van der Waals surface area contributed by atoms with Crippen LogP contribution in [-0.2, 0) is 17.8 Å². The van der Waals surface area contributed by atoms with E-state index in [2.05, 4.69) is 4.74 Å². The number of carbonyl (C=O) groups excluding carboxylic acids is 1. The Labute approximate surface area is 156 Å². The van der Waals surface area contributed by atoms with Crippen molar-refractivity contribution in [3.63, 3.8) is 0 Å². The summed E-state index contributed by atoms with van der Waals surface area (Å²) in [6, 6.07) is 10.6. The maximum atomic E-state index is 12.9. The molecule has 2 aromatic carbocycles. The first-order chi connectivity index (χ1) is 12.9. The maximum Gasteiger partial charge on any atom is 0.387 e. The molecule has 0 radical (unpaired) electrons. The highest BCUT2D eigenvalue weighted by Crippen LogP contribution is 2.30. The van der Waals surface area contributed by atoms with Gasteiger partial charge in [-0.15, -0.1) is 0 Å². The van der Waals surface area contributed by atoms with Gasteiger partial charge in [0.15, 0.2) is 11.5 Å². The molecule has 0 heterocycles. The molecule has 0 spiro atoms. The maximum absolute atomic E-state index is 12.9. The number of hydrogen-bond acceptors (Lipinski definition) is 3.